The van der Waals surface area contributed by atoms with E-state index in [-0.39, 0.29) is 17.7 Å². The van der Waals surface area contributed by atoms with Crippen molar-refractivity contribution in [2.45, 2.75) is 63.8 Å². The first kappa shape index (κ1) is 22.0. The number of carbonyl (C=O) groups is 1. The van der Waals surface area contributed by atoms with Crippen molar-refractivity contribution in [3.63, 3.8) is 0 Å². The second kappa shape index (κ2) is 9.20. The number of amidine groups is 1. The fourth-order valence-electron chi connectivity index (χ4n) is 6.40. The van der Waals surface area contributed by atoms with Crippen LogP contribution in [0.3, 0.4) is 0 Å². The van der Waals surface area contributed by atoms with Gasteiger partial charge in [0.25, 0.3) is 0 Å². The summed E-state index contributed by atoms with van der Waals surface area (Å²) in [7, 11) is 2.02. The Kier molecular flexibility index (Phi) is 6.13. The maximum atomic E-state index is 13.1. The number of para-hydroxylation sites is 1. The fourth-order valence-corrected chi connectivity index (χ4v) is 6.40. The Bertz CT molecular complexity index is 1030. The zero-order valence-electron chi connectivity index (χ0n) is 19.7. The van der Waals surface area contributed by atoms with E-state index in [0.717, 1.165) is 47.4 Å². The van der Waals surface area contributed by atoms with Crippen LogP contribution >= 0.6 is 0 Å². The third kappa shape index (κ3) is 4.38. The van der Waals surface area contributed by atoms with Crippen LogP contribution in [0.4, 0.5) is 5.69 Å². The summed E-state index contributed by atoms with van der Waals surface area (Å²) in [4.78, 5) is 19.8. The van der Waals surface area contributed by atoms with Gasteiger partial charge in [0.05, 0.1) is 5.69 Å². The van der Waals surface area contributed by atoms with E-state index in [1.165, 1.54) is 25.7 Å². The molecule has 2 aromatic carbocycles. The minimum atomic E-state index is 0.0323. The van der Waals surface area contributed by atoms with Crippen LogP contribution in [0.1, 0.15) is 63.4 Å². The standard InChI is InChI=1S/C28H35N3O2/c1-3-19(11-14-26(32)31(2)25-16-18-9-10-20(25)15-18)27-23-17-22(12-13-24(23)30-28(27)29)33-21-7-5-4-6-8-21/h4-8,12-13,17-20,25,27H,3,9-11,14-16H2,1-2H3,(H2,29,30). The van der Waals surface area contributed by atoms with Crippen molar-refractivity contribution in [3.8, 4) is 11.5 Å². The molecule has 2 saturated carbocycles. The molecule has 2 bridgehead atoms. The van der Waals surface area contributed by atoms with E-state index in [1.54, 1.807) is 0 Å². The summed E-state index contributed by atoms with van der Waals surface area (Å²) in [5.74, 6) is 4.40. The van der Waals surface area contributed by atoms with Crippen molar-refractivity contribution in [2.24, 2.45) is 28.5 Å². The molecule has 0 radical (unpaired) electrons. The lowest BCUT2D eigenvalue weighted by Gasteiger charge is -2.32. The van der Waals surface area contributed by atoms with Gasteiger partial charge in [-0.2, -0.15) is 0 Å². The summed E-state index contributed by atoms with van der Waals surface area (Å²) in [6, 6.07) is 16.2. The number of nitrogens with two attached hydrogens (primary N) is 1. The number of carbonyl (C=O) groups excluding carboxylic acids is 1. The van der Waals surface area contributed by atoms with E-state index < -0.39 is 0 Å². The van der Waals surface area contributed by atoms with Gasteiger partial charge in [0, 0.05) is 25.4 Å². The molecule has 0 aromatic heterocycles. The molecule has 2 fully saturated rings. The van der Waals surface area contributed by atoms with Crippen molar-refractivity contribution in [3.05, 3.63) is 54.1 Å². The Morgan fingerprint density at radius 1 is 1.15 bits per heavy atom. The zero-order chi connectivity index (χ0) is 22.9. The summed E-state index contributed by atoms with van der Waals surface area (Å²) < 4.78 is 6.06. The monoisotopic (exact) mass is 445 g/mol. The van der Waals surface area contributed by atoms with Crippen molar-refractivity contribution in [2.75, 3.05) is 7.05 Å². The maximum absolute atomic E-state index is 13.1. The van der Waals surface area contributed by atoms with Gasteiger partial charge in [-0.15, -0.1) is 0 Å². The van der Waals surface area contributed by atoms with Crippen LogP contribution in [0.15, 0.2) is 53.5 Å². The summed E-state index contributed by atoms with van der Waals surface area (Å²) in [6.07, 6.45) is 7.52. The van der Waals surface area contributed by atoms with Crippen molar-refractivity contribution < 1.29 is 9.53 Å². The number of fused-ring (bicyclic) bond motifs is 3. The van der Waals surface area contributed by atoms with Crippen molar-refractivity contribution >= 4 is 17.4 Å². The lowest BCUT2D eigenvalue weighted by molar-refractivity contribution is -0.133. The van der Waals surface area contributed by atoms with E-state index in [9.17, 15) is 4.79 Å². The van der Waals surface area contributed by atoms with E-state index in [4.69, 9.17) is 10.5 Å². The first-order chi connectivity index (χ1) is 16.0. The number of hydrogen-bond donors (Lipinski definition) is 1. The number of hydrogen-bond acceptors (Lipinski definition) is 4. The van der Waals surface area contributed by atoms with Crippen LogP contribution in [0, 0.1) is 17.8 Å². The average molecular weight is 446 g/mol. The smallest absolute Gasteiger partial charge is 0.222 e. The molecule has 5 rings (SSSR count). The van der Waals surface area contributed by atoms with E-state index in [0.29, 0.717) is 18.3 Å². The number of rotatable bonds is 8. The Hall–Kier alpha value is -2.82. The van der Waals surface area contributed by atoms with E-state index in [2.05, 4.69) is 22.9 Å². The van der Waals surface area contributed by atoms with Gasteiger partial charge in [0.2, 0.25) is 5.91 Å². The van der Waals surface area contributed by atoms with Crippen molar-refractivity contribution in [1.82, 2.24) is 4.90 Å². The molecule has 2 aliphatic carbocycles. The summed E-state index contributed by atoms with van der Waals surface area (Å²) in [5.41, 5.74) is 8.46. The molecule has 5 unspecified atom stereocenters. The van der Waals surface area contributed by atoms with Gasteiger partial charge in [0.1, 0.15) is 17.3 Å². The molecular formula is C28H35N3O2. The number of benzene rings is 2. The van der Waals surface area contributed by atoms with E-state index in [1.807, 2.05) is 49.5 Å². The molecule has 1 amide bonds. The van der Waals surface area contributed by atoms with E-state index >= 15 is 0 Å². The van der Waals surface area contributed by atoms with Gasteiger partial charge in [-0.1, -0.05) is 38.0 Å². The lowest BCUT2D eigenvalue weighted by atomic mass is 9.81. The third-order valence-corrected chi connectivity index (χ3v) is 8.20. The Morgan fingerprint density at radius 2 is 1.97 bits per heavy atom. The minimum absolute atomic E-state index is 0.0323. The first-order valence-corrected chi connectivity index (χ1v) is 12.5. The molecule has 5 atom stereocenters. The molecule has 2 aromatic rings. The molecule has 2 N–H and O–H groups in total. The predicted molar refractivity (Wildman–Crippen MR) is 132 cm³/mol. The highest BCUT2D eigenvalue weighted by atomic mass is 16.5. The largest absolute Gasteiger partial charge is 0.457 e. The van der Waals surface area contributed by atoms with Crippen LogP contribution < -0.4 is 10.5 Å². The topological polar surface area (TPSA) is 67.9 Å². The zero-order valence-corrected chi connectivity index (χ0v) is 19.7. The predicted octanol–water partition coefficient (Wildman–Crippen LogP) is 6.02. The molecule has 0 saturated heterocycles. The SMILES string of the molecule is CCC(CCC(=O)N(C)C1CC2CCC1C2)C1C(N)=Nc2ccc(Oc3ccccc3)cc21. The Balaban J connectivity index is 1.26. The second-order valence-corrected chi connectivity index (χ2v) is 10.1. The summed E-state index contributed by atoms with van der Waals surface area (Å²) in [5, 5.41) is 0. The Morgan fingerprint density at radius 3 is 2.67 bits per heavy atom. The molecule has 0 spiro atoms. The molecule has 1 aliphatic heterocycles. The molecule has 33 heavy (non-hydrogen) atoms. The number of nitrogens with zero attached hydrogens (tertiary/aromatic N) is 2. The maximum Gasteiger partial charge on any atom is 0.222 e. The number of aliphatic imine (C=N–C) groups is 1. The quantitative estimate of drug-likeness (QED) is 0.540. The van der Waals surface area contributed by atoms with Crippen LogP contribution in [0.5, 0.6) is 11.5 Å². The lowest BCUT2D eigenvalue weighted by Crippen LogP contribution is -2.40. The van der Waals surface area contributed by atoms with Gasteiger partial charge in [0.15, 0.2) is 0 Å². The third-order valence-electron chi connectivity index (χ3n) is 8.20. The molecule has 1 heterocycles. The Labute approximate surface area is 197 Å². The normalized spacial score (nSPS) is 26.1. The van der Waals surface area contributed by atoms with Gasteiger partial charge >= 0.3 is 0 Å². The molecule has 3 aliphatic rings. The highest BCUT2D eigenvalue weighted by Crippen LogP contribution is 2.47. The van der Waals surface area contributed by atoms with Gasteiger partial charge in [-0.05, 0) is 79.3 Å². The average Bonchev–Trinajstić information content (AvgIpc) is 3.54. The van der Waals surface area contributed by atoms with Crippen LogP contribution in [0.25, 0.3) is 0 Å². The molecule has 5 heteroatoms. The minimum Gasteiger partial charge on any atom is -0.457 e. The first-order valence-electron chi connectivity index (χ1n) is 12.5. The van der Waals surface area contributed by atoms with Crippen LogP contribution in [-0.2, 0) is 4.79 Å². The highest BCUT2D eigenvalue weighted by Gasteiger charge is 2.42. The van der Waals surface area contributed by atoms with Gasteiger partial charge in [-0.3, -0.25) is 4.79 Å². The second-order valence-electron chi connectivity index (χ2n) is 10.1. The van der Waals surface area contributed by atoms with Gasteiger partial charge in [-0.25, -0.2) is 4.99 Å². The summed E-state index contributed by atoms with van der Waals surface area (Å²) >= 11 is 0. The fraction of sp³-hybridized carbons (Fsp3) is 0.500. The number of amides is 1. The van der Waals surface area contributed by atoms with Crippen molar-refractivity contribution in [1.29, 1.82) is 0 Å². The van der Waals surface area contributed by atoms with Crippen LogP contribution in [-0.4, -0.2) is 29.7 Å². The van der Waals surface area contributed by atoms with Gasteiger partial charge < -0.3 is 15.4 Å². The molecular weight excluding hydrogens is 410 g/mol. The molecule has 5 nitrogen and oxygen atoms in total. The number of ether oxygens (including phenoxy) is 1. The molecule has 174 valence electrons. The highest BCUT2D eigenvalue weighted by molar-refractivity contribution is 5.95. The van der Waals surface area contributed by atoms with Crippen LogP contribution in [0.2, 0.25) is 0 Å². The summed E-state index contributed by atoms with van der Waals surface area (Å²) in [6.45, 7) is 2.18.